The molecule has 1 aromatic heterocycles. The summed E-state index contributed by atoms with van der Waals surface area (Å²) in [5.74, 6) is 0. The summed E-state index contributed by atoms with van der Waals surface area (Å²) in [6.07, 6.45) is 14.9. The van der Waals surface area contributed by atoms with E-state index in [4.69, 9.17) is 0 Å². The zero-order valence-electron chi connectivity index (χ0n) is 14.0. The lowest BCUT2D eigenvalue weighted by atomic mass is 9.88. The van der Waals surface area contributed by atoms with Crippen LogP contribution in [-0.2, 0) is 5.54 Å². The molecular formula is C17H33N3. The number of nitrogens with zero attached hydrogens (tertiary/aromatic N) is 3. The average Bonchev–Trinajstić information content (AvgIpc) is 2.87. The fourth-order valence-corrected chi connectivity index (χ4v) is 3.02. The molecule has 3 nitrogen and oxygen atoms in total. The largest absolute Gasteiger partial charge is 0.244 e. The van der Waals surface area contributed by atoms with E-state index in [9.17, 15) is 0 Å². The maximum absolute atomic E-state index is 4.35. The molecule has 0 atom stereocenters. The van der Waals surface area contributed by atoms with Gasteiger partial charge in [0.2, 0.25) is 0 Å². The first-order chi connectivity index (χ1) is 9.64. The Bertz CT molecular complexity index is 345. The van der Waals surface area contributed by atoms with Crippen LogP contribution in [0.1, 0.15) is 90.7 Å². The molecule has 0 fully saturated rings. The van der Waals surface area contributed by atoms with Gasteiger partial charge >= 0.3 is 0 Å². The smallest absolute Gasteiger partial charge is 0.0722 e. The molecule has 0 aliphatic carbocycles. The summed E-state index contributed by atoms with van der Waals surface area (Å²) in [6.45, 7) is 9.03. The molecule has 0 aliphatic heterocycles. The van der Waals surface area contributed by atoms with Gasteiger partial charge in [-0.15, -0.1) is 5.10 Å². The van der Waals surface area contributed by atoms with Crippen molar-refractivity contribution >= 4 is 0 Å². The maximum atomic E-state index is 4.35. The second kappa shape index (κ2) is 9.15. The minimum atomic E-state index is 0.155. The Kier molecular flexibility index (Phi) is 7.86. The van der Waals surface area contributed by atoms with Crippen molar-refractivity contribution in [2.24, 2.45) is 0 Å². The van der Waals surface area contributed by atoms with E-state index in [-0.39, 0.29) is 5.54 Å². The maximum Gasteiger partial charge on any atom is 0.0722 e. The molecular weight excluding hydrogens is 246 g/mol. The van der Waals surface area contributed by atoms with Gasteiger partial charge in [0.1, 0.15) is 0 Å². The van der Waals surface area contributed by atoms with E-state index in [1.54, 1.807) is 0 Å². The molecule has 1 rings (SSSR count). The van der Waals surface area contributed by atoms with E-state index in [0.29, 0.717) is 0 Å². The highest BCUT2D eigenvalue weighted by atomic mass is 15.4. The molecule has 0 radical (unpaired) electrons. The Morgan fingerprint density at radius 2 is 1.50 bits per heavy atom. The fraction of sp³-hybridized carbons (Fsp3) is 0.882. The number of rotatable bonds is 11. The van der Waals surface area contributed by atoms with Gasteiger partial charge in [-0.05, 0) is 26.7 Å². The fourth-order valence-electron chi connectivity index (χ4n) is 3.02. The summed E-state index contributed by atoms with van der Waals surface area (Å²) in [6, 6.07) is 0. The van der Waals surface area contributed by atoms with Crippen molar-refractivity contribution in [3.63, 3.8) is 0 Å². The summed E-state index contributed by atoms with van der Waals surface area (Å²) < 4.78 is 2.17. The molecule has 20 heavy (non-hydrogen) atoms. The minimum Gasteiger partial charge on any atom is -0.244 e. The van der Waals surface area contributed by atoms with Gasteiger partial charge in [0.15, 0.2) is 0 Å². The van der Waals surface area contributed by atoms with Crippen molar-refractivity contribution in [1.82, 2.24) is 15.0 Å². The van der Waals surface area contributed by atoms with Gasteiger partial charge in [-0.1, -0.05) is 70.4 Å². The van der Waals surface area contributed by atoms with E-state index >= 15 is 0 Å². The van der Waals surface area contributed by atoms with Crippen molar-refractivity contribution in [1.29, 1.82) is 0 Å². The van der Waals surface area contributed by atoms with Crippen molar-refractivity contribution in [3.05, 3.63) is 11.9 Å². The number of aryl methyl sites for hydroxylation is 1. The zero-order valence-corrected chi connectivity index (χ0v) is 14.0. The van der Waals surface area contributed by atoms with Crippen LogP contribution in [0.25, 0.3) is 0 Å². The summed E-state index contributed by atoms with van der Waals surface area (Å²) in [5, 5.41) is 8.44. The van der Waals surface area contributed by atoms with Gasteiger partial charge in [-0.3, -0.25) is 0 Å². The van der Waals surface area contributed by atoms with Gasteiger partial charge in [0.25, 0.3) is 0 Å². The minimum absolute atomic E-state index is 0.155. The quantitative estimate of drug-likeness (QED) is 0.518. The molecule has 0 saturated heterocycles. The molecule has 116 valence electrons. The van der Waals surface area contributed by atoms with E-state index in [1.807, 2.05) is 6.20 Å². The molecule has 0 unspecified atom stereocenters. The van der Waals surface area contributed by atoms with Gasteiger partial charge in [0, 0.05) is 0 Å². The number of hydrogen-bond acceptors (Lipinski definition) is 2. The zero-order chi connectivity index (χ0) is 14.8. The van der Waals surface area contributed by atoms with Crippen molar-refractivity contribution in [3.8, 4) is 0 Å². The van der Waals surface area contributed by atoms with E-state index in [0.717, 1.165) is 0 Å². The van der Waals surface area contributed by atoms with Gasteiger partial charge < -0.3 is 0 Å². The van der Waals surface area contributed by atoms with Crippen molar-refractivity contribution in [2.75, 3.05) is 0 Å². The van der Waals surface area contributed by atoms with Crippen LogP contribution in [0.4, 0.5) is 0 Å². The summed E-state index contributed by atoms with van der Waals surface area (Å²) in [4.78, 5) is 0. The Balaban J connectivity index is 2.60. The van der Waals surface area contributed by atoms with Crippen molar-refractivity contribution in [2.45, 2.75) is 97.4 Å². The molecule has 0 aliphatic rings. The highest BCUT2D eigenvalue weighted by molar-refractivity contribution is 4.96. The molecule has 0 N–H and O–H groups in total. The van der Waals surface area contributed by atoms with Crippen LogP contribution < -0.4 is 0 Å². The van der Waals surface area contributed by atoms with Crippen LogP contribution in [0.15, 0.2) is 6.20 Å². The Morgan fingerprint density at radius 3 is 1.90 bits per heavy atom. The predicted octanol–water partition coefficient (Wildman–Crippen LogP) is 5.24. The Labute approximate surface area is 125 Å². The third-order valence-electron chi connectivity index (χ3n) is 4.37. The molecule has 0 bridgehead atoms. The molecule has 3 heteroatoms. The number of aromatic nitrogens is 3. The van der Waals surface area contributed by atoms with Crippen LogP contribution in [0, 0.1) is 6.92 Å². The first kappa shape index (κ1) is 17.2. The summed E-state index contributed by atoms with van der Waals surface area (Å²) >= 11 is 0. The second-order valence-corrected chi connectivity index (χ2v) is 6.41. The summed E-state index contributed by atoms with van der Waals surface area (Å²) in [5.41, 5.74) is 1.35. The van der Waals surface area contributed by atoms with Gasteiger partial charge in [-0.2, -0.15) is 0 Å². The molecule has 1 aromatic rings. The van der Waals surface area contributed by atoms with Crippen LogP contribution in [-0.4, -0.2) is 15.0 Å². The lowest BCUT2D eigenvalue weighted by molar-refractivity contribution is 0.219. The Morgan fingerprint density at radius 1 is 0.950 bits per heavy atom. The van der Waals surface area contributed by atoms with Crippen molar-refractivity contribution < 1.29 is 0 Å². The lowest BCUT2D eigenvalue weighted by Gasteiger charge is -2.31. The monoisotopic (exact) mass is 279 g/mol. The van der Waals surface area contributed by atoms with Gasteiger partial charge in [0.05, 0.1) is 17.4 Å². The number of unbranched alkanes of at least 4 members (excludes halogenated alkanes) is 6. The SMILES string of the molecule is CCCCCCC(C)(CCCCCC)n1nncc1C. The topological polar surface area (TPSA) is 30.7 Å². The molecule has 0 saturated carbocycles. The molecule has 0 aromatic carbocycles. The average molecular weight is 279 g/mol. The third kappa shape index (κ3) is 5.26. The van der Waals surface area contributed by atoms with Crippen LogP contribution in [0.2, 0.25) is 0 Å². The van der Waals surface area contributed by atoms with E-state index in [1.165, 1.54) is 69.9 Å². The Hall–Kier alpha value is -0.860. The molecule has 0 amide bonds. The van der Waals surface area contributed by atoms with Gasteiger partial charge in [-0.25, -0.2) is 4.68 Å². The van der Waals surface area contributed by atoms with Crippen LogP contribution in [0.3, 0.4) is 0 Å². The van der Waals surface area contributed by atoms with E-state index in [2.05, 4.69) is 42.7 Å². The van der Waals surface area contributed by atoms with Crippen LogP contribution in [0.5, 0.6) is 0 Å². The highest BCUT2D eigenvalue weighted by Gasteiger charge is 2.27. The van der Waals surface area contributed by atoms with Crippen LogP contribution >= 0.6 is 0 Å². The molecule has 0 spiro atoms. The summed E-state index contributed by atoms with van der Waals surface area (Å²) in [7, 11) is 0. The molecule has 1 heterocycles. The standard InChI is InChI=1S/C17H33N3/c1-5-7-9-11-13-17(4,14-12-10-8-6-2)20-16(3)15-18-19-20/h15H,5-14H2,1-4H3. The third-order valence-corrected chi connectivity index (χ3v) is 4.37. The first-order valence-corrected chi connectivity index (χ1v) is 8.52. The first-order valence-electron chi connectivity index (χ1n) is 8.52. The highest BCUT2D eigenvalue weighted by Crippen LogP contribution is 2.30. The van der Waals surface area contributed by atoms with E-state index < -0.39 is 0 Å². The lowest BCUT2D eigenvalue weighted by Crippen LogP contribution is -2.32. The normalized spacial score (nSPS) is 12.0. The number of hydrogen-bond donors (Lipinski definition) is 0. The predicted molar refractivity (Wildman–Crippen MR) is 85.9 cm³/mol. The second-order valence-electron chi connectivity index (χ2n) is 6.41.